The van der Waals surface area contributed by atoms with Crippen LogP contribution < -0.4 is 21.5 Å². The van der Waals surface area contributed by atoms with E-state index in [-0.39, 0.29) is 99.6 Å². The molecule has 4 aromatic carbocycles. The summed E-state index contributed by atoms with van der Waals surface area (Å²) in [6.07, 6.45) is 1.34. The van der Waals surface area contributed by atoms with Crippen molar-refractivity contribution in [2.45, 2.75) is 31.3 Å². The zero-order chi connectivity index (χ0) is 46.3. The summed E-state index contributed by atoms with van der Waals surface area (Å²) in [5.41, 5.74) is 2.44. The molecule has 340 valence electrons. The fourth-order valence-corrected chi connectivity index (χ4v) is 8.33. The van der Waals surface area contributed by atoms with E-state index in [0.717, 1.165) is 21.2 Å². The van der Waals surface area contributed by atoms with Crippen molar-refractivity contribution in [1.82, 2.24) is 30.0 Å². The van der Waals surface area contributed by atoms with Gasteiger partial charge in [-0.1, -0.05) is 43.0 Å². The average molecular weight is 899 g/mol. The maximum atomic E-state index is 14.2. The van der Waals surface area contributed by atoms with Crippen LogP contribution in [0.3, 0.4) is 0 Å². The zero-order valence-corrected chi connectivity index (χ0v) is 35.8. The van der Waals surface area contributed by atoms with E-state index in [2.05, 4.69) is 27.7 Å². The number of nitrogens with one attached hydrogen (secondary N) is 3. The zero-order valence-electron chi connectivity index (χ0n) is 35.8. The molecular weight excluding hydrogens is 853 g/mol. The lowest BCUT2D eigenvalue weighted by Crippen LogP contribution is -2.54. The van der Waals surface area contributed by atoms with Crippen LogP contribution in [-0.2, 0) is 39.9 Å². The highest BCUT2D eigenvalue weighted by molar-refractivity contribution is 6.25. The standard InChI is InChI=1S/C47H46N8O11/c1-2-41(58)53-25-30(26-53)43-50-36-11-10-29(34-24-31(52-63)22-28-6-3-4-7-32(28)34)23-35(36)45(60)54(43)27-40(57)49-15-17-65-19-21-66-20-18-64-16-14-48-37-9-5-8-33-42(37)47(62)55(46(33)61)38-12-13-39(56)51-44(38)59/h2-11,22-24,30,38,48H,1,12-21,25-27H2,(H,49,57)(H,51,56,59). The summed E-state index contributed by atoms with van der Waals surface area (Å²) < 4.78 is 18.2. The van der Waals surface area contributed by atoms with Crippen LogP contribution in [0.4, 0.5) is 11.4 Å². The summed E-state index contributed by atoms with van der Waals surface area (Å²) in [7, 11) is 0. The minimum Gasteiger partial charge on any atom is -0.382 e. The third-order valence-corrected chi connectivity index (χ3v) is 11.6. The van der Waals surface area contributed by atoms with Crippen LogP contribution >= 0.6 is 0 Å². The van der Waals surface area contributed by atoms with E-state index in [0.29, 0.717) is 42.2 Å². The lowest BCUT2D eigenvalue weighted by atomic mass is 9.96. The molecule has 0 spiro atoms. The molecule has 19 nitrogen and oxygen atoms in total. The highest BCUT2D eigenvalue weighted by Crippen LogP contribution is 2.35. The van der Waals surface area contributed by atoms with Gasteiger partial charge in [0.05, 0.1) is 67.6 Å². The summed E-state index contributed by atoms with van der Waals surface area (Å²) >= 11 is 0. The number of rotatable bonds is 20. The van der Waals surface area contributed by atoms with Crippen LogP contribution in [-0.4, -0.2) is 127 Å². The molecule has 3 aliphatic rings. The highest BCUT2D eigenvalue weighted by atomic mass is 16.5. The number of nitroso groups, excluding NO2 is 1. The molecule has 19 heteroatoms. The van der Waals surface area contributed by atoms with Gasteiger partial charge in [0.25, 0.3) is 17.4 Å². The normalized spacial score (nSPS) is 16.0. The van der Waals surface area contributed by atoms with Crippen LogP contribution in [0, 0.1) is 4.91 Å². The summed E-state index contributed by atoms with van der Waals surface area (Å²) in [5, 5.41) is 13.2. The number of fused-ring (bicyclic) bond motifs is 3. The quantitative estimate of drug-likeness (QED) is 0.0440. The maximum absolute atomic E-state index is 14.2. The first kappa shape index (κ1) is 45.1. The van der Waals surface area contributed by atoms with Crippen molar-refractivity contribution in [3.63, 3.8) is 0 Å². The molecule has 8 rings (SSSR count). The first-order chi connectivity index (χ1) is 32.1. The number of amides is 6. The molecule has 66 heavy (non-hydrogen) atoms. The van der Waals surface area contributed by atoms with E-state index < -0.39 is 41.1 Å². The molecule has 5 aromatic rings. The van der Waals surface area contributed by atoms with Gasteiger partial charge in [-0.05, 0) is 76.0 Å². The maximum Gasteiger partial charge on any atom is 0.264 e. The number of piperidine rings is 1. The van der Waals surface area contributed by atoms with Crippen LogP contribution in [0.15, 0.2) is 95.4 Å². The van der Waals surface area contributed by atoms with Gasteiger partial charge in [0.15, 0.2) is 0 Å². The van der Waals surface area contributed by atoms with Gasteiger partial charge in [0, 0.05) is 38.3 Å². The van der Waals surface area contributed by atoms with Gasteiger partial charge in [-0.25, -0.2) is 4.98 Å². The first-order valence-electron chi connectivity index (χ1n) is 21.5. The second-order valence-electron chi connectivity index (χ2n) is 15.8. The van der Waals surface area contributed by atoms with E-state index in [4.69, 9.17) is 19.2 Å². The summed E-state index contributed by atoms with van der Waals surface area (Å²) in [5.74, 6) is -2.84. The molecule has 1 aromatic heterocycles. The van der Waals surface area contributed by atoms with Crippen molar-refractivity contribution >= 4 is 68.5 Å². The number of carbonyl (C=O) groups is 6. The Bertz CT molecular complexity index is 2840. The van der Waals surface area contributed by atoms with Crippen molar-refractivity contribution < 1.29 is 43.0 Å². The van der Waals surface area contributed by atoms with Crippen molar-refractivity contribution in [1.29, 1.82) is 0 Å². The second kappa shape index (κ2) is 20.1. The Hall–Kier alpha value is -7.48. The number of hydrogen-bond donors (Lipinski definition) is 3. The van der Waals surface area contributed by atoms with Crippen molar-refractivity contribution in [3.05, 3.63) is 118 Å². The summed E-state index contributed by atoms with van der Waals surface area (Å²) in [4.78, 5) is 109. The largest absolute Gasteiger partial charge is 0.382 e. The number of carbonyl (C=O) groups excluding carboxylic acids is 6. The molecule has 4 heterocycles. The summed E-state index contributed by atoms with van der Waals surface area (Å²) in [6, 6.07) is 20.0. The van der Waals surface area contributed by atoms with Crippen molar-refractivity contribution in [2.75, 3.05) is 71.1 Å². The lowest BCUT2D eigenvalue weighted by Gasteiger charge is -2.39. The van der Waals surface area contributed by atoms with Crippen LogP contribution in [0.25, 0.3) is 32.8 Å². The van der Waals surface area contributed by atoms with E-state index >= 15 is 0 Å². The fraction of sp³-hybridized carbons (Fsp3) is 0.319. The number of benzene rings is 4. The van der Waals surface area contributed by atoms with Gasteiger partial charge < -0.3 is 29.7 Å². The summed E-state index contributed by atoms with van der Waals surface area (Å²) in [6.45, 7) is 5.91. The molecule has 2 fully saturated rings. The molecule has 2 saturated heterocycles. The molecule has 0 bridgehead atoms. The Balaban J connectivity index is 0.780. The van der Waals surface area contributed by atoms with E-state index in [1.54, 1.807) is 41.3 Å². The number of hydrogen-bond acceptors (Lipinski definition) is 14. The molecule has 0 aliphatic carbocycles. The molecule has 1 unspecified atom stereocenters. The van der Waals surface area contributed by atoms with Gasteiger partial charge in [-0.2, -0.15) is 0 Å². The number of imide groups is 2. The molecule has 3 N–H and O–H groups in total. The van der Waals surface area contributed by atoms with Crippen LogP contribution in [0.1, 0.15) is 45.3 Å². The predicted molar refractivity (Wildman–Crippen MR) is 241 cm³/mol. The van der Waals surface area contributed by atoms with E-state index in [1.807, 2.05) is 30.3 Å². The van der Waals surface area contributed by atoms with Crippen molar-refractivity contribution in [3.8, 4) is 11.1 Å². The van der Waals surface area contributed by atoms with Gasteiger partial charge in [-0.15, -0.1) is 4.91 Å². The number of ether oxygens (including phenoxy) is 3. The first-order valence-corrected chi connectivity index (χ1v) is 21.5. The molecule has 1 atom stereocenters. The minimum atomic E-state index is -1.05. The fourth-order valence-electron chi connectivity index (χ4n) is 8.33. The van der Waals surface area contributed by atoms with Gasteiger partial charge >= 0.3 is 0 Å². The highest BCUT2D eigenvalue weighted by Gasteiger charge is 2.45. The Morgan fingerprint density at radius 2 is 1.58 bits per heavy atom. The number of anilines is 1. The third kappa shape index (κ3) is 9.49. The van der Waals surface area contributed by atoms with Gasteiger partial charge in [0.1, 0.15) is 24.1 Å². The molecule has 0 saturated carbocycles. The molecule has 0 radical (unpaired) electrons. The van der Waals surface area contributed by atoms with Crippen LogP contribution in [0.2, 0.25) is 0 Å². The smallest absolute Gasteiger partial charge is 0.264 e. The Morgan fingerprint density at radius 1 is 0.833 bits per heavy atom. The Labute approximate surface area is 377 Å². The minimum absolute atomic E-state index is 0.0362. The number of likely N-dealkylation sites (tertiary alicyclic amines) is 1. The lowest BCUT2D eigenvalue weighted by molar-refractivity contribution is -0.136. The van der Waals surface area contributed by atoms with Crippen molar-refractivity contribution in [2.24, 2.45) is 5.18 Å². The van der Waals surface area contributed by atoms with Gasteiger partial charge in [-0.3, -0.25) is 48.3 Å². The number of aromatic nitrogens is 2. The monoisotopic (exact) mass is 898 g/mol. The molecular formula is C47H46N8O11. The Kier molecular flexibility index (Phi) is 13.8. The second-order valence-corrected chi connectivity index (χ2v) is 15.8. The molecule has 3 aliphatic heterocycles. The predicted octanol–water partition coefficient (Wildman–Crippen LogP) is 3.41. The molecule has 6 amide bonds. The Morgan fingerprint density at radius 3 is 2.32 bits per heavy atom. The average Bonchev–Trinajstić information content (AvgIpc) is 3.56. The van der Waals surface area contributed by atoms with E-state index in [1.165, 1.54) is 16.7 Å². The van der Waals surface area contributed by atoms with Crippen LogP contribution in [0.5, 0.6) is 0 Å². The topological polar surface area (TPSA) is 237 Å². The SMILES string of the molecule is C=CC(=O)N1CC(c2nc3ccc(-c4cc(N=O)cc5ccccc45)cc3c(=O)n2CC(=O)NCCOCCOCCOCCNc2cccc3c2C(=O)N(C2CCC(=O)NC2=O)C3=O)C1. The third-order valence-electron chi connectivity index (χ3n) is 11.6. The van der Waals surface area contributed by atoms with E-state index in [9.17, 15) is 38.5 Å². The van der Waals surface area contributed by atoms with Gasteiger partial charge in [0.2, 0.25) is 23.6 Å². The number of nitrogens with zero attached hydrogens (tertiary/aromatic N) is 5.